The highest BCUT2D eigenvalue weighted by molar-refractivity contribution is 5.84. The number of nitrogens with two attached hydrogens (primary N) is 1. The molecular weight excluding hydrogens is 238 g/mol. The van der Waals surface area contributed by atoms with Crippen LogP contribution in [0.1, 0.15) is 12.5 Å². The maximum atomic E-state index is 9.88. The fraction of sp³-hybridized carbons (Fsp3) is 0.500. The second-order valence-electron chi connectivity index (χ2n) is 4.44. The van der Waals surface area contributed by atoms with Crippen LogP contribution in [0.5, 0.6) is 0 Å². The van der Waals surface area contributed by atoms with Crippen molar-refractivity contribution in [1.82, 2.24) is 19.7 Å². The van der Waals surface area contributed by atoms with Gasteiger partial charge in [-0.1, -0.05) is 0 Å². The average molecular weight is 251 g/mol. The molecular formula is C10H13N5O3. The maximum Gasteiger partial charge on any atom is 0.163 e. The molecule has 0 aliphatic heterocycles. The third-order valence-corrected chi connectivity index (χ3v) is 3.36. The number of aromatic nitrogens is 4. The Labute approximate surface area is 102 Å². The van der Waals surface area contributed by atoms with Gasteiger partial charge in [-0.05, 0) is 0 Å². The molecule has 0 aromatic carbocycles. The van der Waals surface area contributed by atoms with Gasteiger partial charge in [0, 0.05) is 6.42 Å². The second kappa shape index (κ2) is 3.87. The van der Waals surface area contributed by atoms with Crippen LogP contribution in [-0.4, -0.2) is 53.4 Å². The summed E-state index contributed by atoms with van der Waals surface area (Å²) < 4.78 is 1.47. The molecule has 2 heterocycles. The van der Waals surface area contributed by atoms with Crippen LogP contribution in [0.2, 0.25) is 0 Å². The van der Waals surface area contributed by atoms with Gasteiger partial charge in [0.1, 0.15) is 24.4 Å². The zero-order valence-electron chi connectivity index (χ0n) is 9.38. The standard InChI is InChI=1S/C10H13N5O3/c11-9-4-2-14-15(10(4)13-3-12-9)5-1-6(16)8(18)7(5)17/h2-3,5-8,16-18H,1H2,(H2,11,12,13)/t5-,6+,7+,8-/m1/s1. The van der Waals surface area contributed by atoms with E-state index in [4.69, 9.17) is 5.73 Å². The summed E-state index contributed by atoms with van der Waals surface area (Å²) in [4.78, 5) is 7.91. The zero-order valence-corrected chi connectivity index (χ0v) is 9.38. The van der Waals surface area contributed by atoms with Gasteiger partial charge in [-0.3, -0.25) is 0 Å². The van der Waals surface area contributed by atoms with Gasteiger partial charge in [-0.15, -0.1) is 0 Å². The number of rotatable bonds is 1. The Hall–Kier alpha value is -1.77. The Bertz CT molecular complexity index is 586. The Morgan fingerprint density at radius 1 is 1.22 bits per heavy atom. The molecule has 1 aliphatic rings. The lowest BCUT2D eigenvalue weighted by atomic mass is 10.2. The molecule has 8 heteroatoms. The van der Waals surface area contributed by atoms with E-state index in [1.54, 1.807) is 0 Å². The number of nitrogen functional groups attached to an aromatic ring is 1. The van der Waals surface area contributed by atoms with Crippen LogP contribution in [0, 0.1) is 0 Å². The third-order valence-electron chi connectivity index (χ3n) is 3.36. The van der Waals surface area contributed by atoms with E-state index in [1.807, 2.05) is 0 Å². The van der Waals surface area contributed by atoms with Crippen LogP contribution in [0.15, 0.2) is 12.5 Å². The molecule has 3 rings (SSSR count). The van der Waals surface area contributed by atoms with Crippen LogP contribution >= 0.6 is 0 Å². The molecule has 96 valence electrons. The summed E-state index contributed by atoms with van der Waals surface area (Å²) in [6.07, 6.45) is -0.196. The lowest BCUT2D eigenvalue weighted by molar-refractivity contribution is -0.0252. The molecule has 2 aromatic heterocycles. The van der Waals surface area contributed by atoms with E-state index in [0.717, 1.165) is 0 Å². The molecule has 2 aromatic rings. The zero-order chi connectivity index (χ0) is 12.9. The van der Waals surface area contributed by atoms with Gasteiger partial charge in [-0.25, -0.2) is 14.6 Å². The number of anilines is 1. The number of hydrogen-bond acceptors (Lipinski definition) is 7. The van der Waals surface area contributed by atoms with Gasteiger partial charge in [-0.2, -0.15) is 5.10 Å². The summed E-state index contributed by atoms with van der Waals surface area (Å²) >= 11 is 0. The number of aliphatic hydroxyl groups is 3. The number of hydrogen-bond donors (Lipinski definition) is 4. The summed E-state index contributed by atoms with van der Waals surface area (Å²) in [5.41, 5.74) is 6.17. The molecule has 18 heavy (non-hydrogen) atoms. The first kappa shape index (κ1) is 11.3. The summed E-state index contributed by atoms with van der Waals surface area (Å²) in [5, 5.41) is 33.7. The van der Waals surface area contributed by atoms with E-state index in [0.29, 0.717) is 16.9 Å². The maximum absolute atomic E-state index is 9.88. The molecule has 4 atom stereocenters. The molecule has 0 amide bonds. The highest BCUT2D eigenvalue weighted by Gasteiger charge is 2.42. The predicted octanol–water partition coefficient (Wildman–Crippen LogP) is -1.56. The molecule has 0 saturated heterocycles. The molecule has 0 radical (unpaired) electrons. The van der Waals surface area contributed by atoms with Crippen molar-refractivity contribution in [1.29, 1.82) is 0 Å². The van der Waals surface area contributed by atoms with Crippen molar-refractivity contribution in [3.8, 4) is 0 Å². The van der Waals surface area contributed by atoms with E-state index >= 15 is 0 Å². The Balaban J connectivity index is 2.08. The normalized spacial score (nSPS) is 32.2. The van der Waals surface area contributed by atoms with Crippen LogP contribution in [0.3, 0.4) is 0 Å². The summed E-state index contributed by atoms with van der Waals surface area (Å²) in [6, 6.07) is -0.526. The molecule has 0 spiro atoms. The van der Waals surface area contributed by atoms with Gasteiger partial charge < -0.3 is 21.1 Å². The van der Waals surface area contributed by atoms with Crippen LogP contribution < -0.4 is 5.73 Å². The first-order chi connectivity index (χ1) is 8.59. The number of aliphatic hydroxyl groups excluding tert-OH is 3. The van der Waals surface area contributed by atoms with E-state index < -0.39 is 24.4 Å². The SMILES string of the molecule is Nc1ncnc2c1cnn2[C@@H]1C[C@H](O)[C@@H](O)[C@H]1O. The first-order valence-electron chi connectivity index (χ1n) is 5.57. The van der Waals surface area contributed by atoms with Crippen LogP contribution in [0.25, 0.3) is 11.0 Å². The highest BCUT2D eigenvalue weighted by atomic mass is 16.4. The van der Waals surface area contributed by atoms with Crippen LogP contribution in [-0.2, 0) is 0 Å². The van der Waals surface area contributed by atoms with E-state index in [2.05, 4.69) is 15.1 Å². The molecule has 5 N–H and O–H groups in total. The first-order valence-corrected chi connectivity index (χ1v) is 5.57. The van der Waals surface area contributed by atoms with Gasteiger partial charge in [0.2, 0.25) is 0 Å². The summed E-state index contributed by atoms with van der Waals surface area (Å²) in [5.74, 6) is 0.305. The average Bonchev–Trinajstić information content (AvgIpc) is 2.88. The van der Waals surface area contributed by atoms with Crippen molar-refractivity contribution in [2.24, 2.45) is 0 Å². The topological polar surface area (TPSA) is 130 Å². The minimum atomic E-state index is -1.17. The van der Waals surface area contributed by atoms with Gasteiger partial charge in [0.05, 0.1) is 23.7 Å². The summed E-state index contributed by atoms with van der Waals surface area (Å²) in [6.45, 7) is 0. The number of fused-ring (bicyclic) bond motifs is 1. The minimum Gasteiger partial charge on any atom is -0.390 e. The van der Waals surface area contributed by atoms with Crippen molar-refractivity contribution < 1.29 is 15.3 Å². The summed E-state index contributed by atoms with van der Waals surface area (Å²) in [7, 11) is 0. The van der Waals surface area contributed by atoms with Gasteiger partial charge in [0.25, 0.3) is 0 Å². The van der Waals surface area contributed by atoms with Crippen molar-refractivity contribution in [3.05, 3.63) is 12.5 Å². The predicted molar refractivity (Wildman–Crippen MR) is 61.4 cm³/mol. The lowest BCUT2D eigenvalue weighted by Gasteiger charge is -2.16. The van der Waals surface area contributed by atoms with E-state index in [9.17, 15) is 15.3 Å². The van der Waals surface area contributed by atoms with Crippen molar-refractivity contribution in [2.75, 3.05) is 5.73 Å². The lowest BCUT2D eigenvalue weighted by Crippen LogP contribution is -2.31. The van der Waals surface area contributed by atoms with Gasteiger partial charge >= 0.3 is 0 Å². The molecule has 1 aliphatic carbocycles. The number of nitrogens with zero attached hydrogens (tertiary/aromatic N) is 4. The largest absolute Gasteiger partial charge is 0.390 e. The molecule has 0 unspecified atom stereocenters. The molecule has 0 bridgehead atoms. The molecule has 1 saturated carbocycles. The van der Waals surface area contributed by atoms with Gasteiger partial charge in [0.15, 0.2) is 5.65 Å². The molecule has 1 fully saturated rings. The van der Waals surface area contributed by atoms with Crippen LogP contribution in [0.4, 0.5) is 5.82 Å². The second-order valence-corrected chi connectivity index (χ2v) is 4.44. The molecule has 8 nitrogen and oxygen atoms in total. The Kier molecular flexibility index (Phi) is 2.44. The van der Waals surface area contributed by atoms with Crippen molar-refractivity contribution >= 4 is 16.9 Å². The Morgan fingerprint density at radius 2 is 2.00 bits per heavy atom. The minimum absolute atomic E-state index is 0.211. The Morgan fingerprint density at radius 3 is 2.67 bits per heavy atom. The van der Waals surface area contributed by atoms with Crippen molar-refractivity contribution in [3.63, 3.8) is 0 Å². The monoisotopic (exact) mass is 251 g/mol. The highest BCUT2D eigenvalue weighted by Crippen LogP contribution is 2.32. The van der Waals surface area contributed by atoms with Crippen molar-refractivity contribution in [2.45, 2.75) is 30.8 Å². The van der Waals surface area contributed by atoms with E-state index in [-0.39, 0.29) is 6.42 Å². The fourth-order valence-corrected chi connectivity index (χ4v) is 2.35. The smallest absolute Gasteiger partial charge is 0.163 e. The fourth-order valence-electron chi connectivity index (χ4n) is 2.35. The quantitative estimate of drug-likeness (QED) is 0.482. The third kappa shape index (κ3) is 1.47. The van der Waals surface area contributed by atoms with E-state index in [1.165, 1.54) is 17.2 Å².